The topological polar surface area (TPSA) is 101 Å². The summed E-state index contributed by atoms with van der Waals surface area (Å²) in [5, 5.41) is 1.16. The molecule has 2 N–H and O–H groups in total. The Labute approximate surface area is 237 Å². The maximum atomic E-state index is 14.9. The maximum Gasteiger partial charge on any atom is 0.410 e. The number of aromatic nitrogens is 1. The molecule has 4 rings (SSSR count). The zero-order valence-corrected chi connectivity index (χ0v) is 24.6. The maximum absolute atomic E-state index is 14.9. The summed E-state index contributed by atoms with van der Waals surface area (Å²) in [6, 6.07) is 6.64. The highest BCUT2D eigenvalue weighted by atomic mass is 35.5. The number of rotatable bonds is 7. The van der Waals surface area contributed by atoms with E-state index in [9.17, 15) is 17.6 Å². The number of carbonyl (C=O) groups is 1. The summed E-state index contributed by atoms with van der Waals surface area (Å²) in [6.45, 7) is 9.16. The number of likely N-dealkylation sites (tertiary alicyclic amines) is 1. The number of benzene rings is 2. The summed E-state index contributed by atoms with van der Waals surface area (Å²) >= 11 is 12.3. The molecule has 0 aliphatic carbocycles. The number of halogens is 3. The summed E-state index contributed by atoms with van der Waals surface area (Å²) in [5.74, 6) is -0.710. The Bertz CT molecular complexity index is 1480. The number of hydrogen-bond acceptors (Lipinski definition) is 5. The Balaban J connectivity index is 1.35. The average molecular weight is 601 g/mol. The van der Waals surface area contributed by atoms with Crippen molar-refractivity contribution in [2.75, 3.05) is 24.4 Å². The van der Waals surface area contributed by atoms with Gasteiger partial charge in [0.2, 0.25) is 0 Å². The molecule has 1 aliphatic rings. The van der Waals surface area contributed by atoms with Gasteiger partial charge in [0.05, 0.1) is 27.9 Å². The zero-order chi connectivity index (χ0) is 28.6. The van der Waals surface area contributed by atoms with Gasteiger partial charge < -0.3 is 19.4 Å². The lowest BCUT2D eigenvalue weighted by Crippen LogP contribution is -2.44. The summed E-state index contributed by atoms with van der Waals surface area (Å²) in [4.78, 5) is 16.4. The smallest absolute Gasteiger partial charge is 0.410 e. The number of fused-ring (bicyclic) bond motifs is 1. The molecule has 0 spiro atoms. The normalized spacial score (nSPS) is 15.8. The van der Waals surface area contributed by atoms with Gasteiger partial charge in [-0.1, -0.05) is 30.1 Å². The van der Waals surface area contributed by atoms with Crippen molar-refractivity contribution in [2.45, 2.75) is 57.5 Å². The van der Waals surface area contributed by atoms with E-state index in [1.165, 1.54) is 30.5 Å². The van der Waals surface area contributed by atoms with E-state index in [0.29, 0.717) is 47.1 Å². The minimum atomic E-state index is -4.26. The standard InChI is InChI=1S/C27H32Cl2FN3O5S/c1-26(2,3)38-25(34)33-12-9-27(4,10-13-33)11-14-37-17-5-8-22(20(30)15-17)39(35,36)32-21-7-6-18(28)23-19(29)16-31-24(21)23/h5-8,15-16,31-32H,9-14H2,1-4H3. The van der Waals surface area contributed by atoms with Crippen molar-refractivity contribution >= 4 is 55.9 Å². The Kier molecular flexibility index (Phi) is 8.31. The number of H-pyrrole nitrogens is 1. The van der Waals surface area contributed by atoms with Crippen LogP contribution in [0.2, 0.25) is 10.0 Å². The van der Waals surface area contributed by atoms with Gasteiger partial charge in [-0.2, -0.15) is 0 Å². The van der Waals surface area contributed by atoms with E-state index in [1.54, 1.807) is 4.90 Å². The molecule has 2 heterocycles. The number of nitrogens with one attached hydrogen (secondary N) is 2. The minimum Gasteiger partial charge on any atom is -0.493 e. The van der Waals surface area contributed by atoms with Crippen LogP contribution in [0, 0.1) is 11.2 Å². The first-order valence-electron chi connectivity index (χ1n) is 12.6. The van der Waals surface area contributed by atoms with Gasteiger partial charge in [0.25, 0.3) is 10.0 Å². The lowest BCUT2D eigenvalue weighted by molar-refractivity contribution is 0.00979. The fourth-order valence-corrected chi connectivity index (χ4v) is 6.15. The molecule has 0 unspecified atom stereocenters. The van der Waals surface area contributed by atoms with Gasteiger partial charge in [0, 0.05) is 30.7 Å². The number of carbonyl (C=O) groups excluding carboxylic acids is 1. The second-order valence-electron chi connectivity index (χ2n) is 11.1. The van der Waals surface area contributed by atoms with Gasteiger partial charge in [-0.05, 0) is 69.7 Å². The molecular weight excluding hydrogens is 568 g/mol. The lowest BCUT2D eigenvalue weighted by Gasteiger charge is -2.39. The summed E-state index contributed by atoms with van der Waals surface area (Å²) in [5.41, 5.74) is -0.00607. The van der Waals surface area contributed by atoms with Gasteiger partial charge in [-0.15, -0.1) is 0 Å². The summed E-state index contributed by atoms with van der Waals surface area (Å²) < 4.78 is 54.5. The van der Waals surface area contributed by atoms with E-state index in [-0.39, 0.29) is 22.9 Å². The van der Waals surface area contributed by atoms with Gasteiger partial charge in [0.15, 0.2) is 0 Å². The first-order chi connectivity index (χ1) is 18.2. The SMILES string of the molecule is CC1(CCOc2ccc(S(=O)(=O)Nc3ccc(Cl)c4c(Cl)c[nH]c34)c(F)c2)CCN(C(=O)OC(C)(C)C)CC1. The first-order valence-corrected chi connectivity index (χ1v) is 14.8. The molecule has 2 aromatic carbocycles. The van der Waals surface area contributed by atoms with Gasteiger partial charge in [-0.3, -0.25) is 4.72 Å². The van der Waals surface area contributed by atoms with Crippen molar-refractivity contribution in [3.8, 4) is 5.75 Å². The number of ether oxygens (including phenoxy) is 2. The molecule has 212 valence electrons. The van der Waals surface area contributed by atoms with E-state index < -0.39 is 26.3 Å². The first kappa shape index (κ1) is 29.3. The van der Waals surface area contributed by atoms with Crippen LogP contribution in [0.5, 0.6) is 5.75 Å². The molecule has 8 nitrogen and oxygen atoms in total. The van der Waals surface area contributed by atoms with E-state index in [2.05, 4.69) is 16.6 Å². The third kappa shape index (κ3) is 6.91. The van der Waals surface area contributed by atoms with Crippen molar-refractivity contribution in [1.82, 2.24) is 9.88 Å². The second kappa shape index (κ2) is 11.1. The predicted molar refractivity (Wildman–Crippen MR) is 151 cm³/mol. The van der Waals surface area contributed by atoms with Crippen LogP contribution in [0.25, 0.3) is 10.9 Å². The molecule has 1 aromatic heterocycles. The largest absolute Gasteiger partial charge is 0.493 e. The highest BCUT2D eigenvalue weighted by Gasteiger charge is 2.33. The highest BCUT2D eigenvalue weighted by Crippen LogP contribution is 2.37. The lowest BCUT2D eigenvalue weighted by atomic mass is 9.78. The summed E-state index contributed by atoms with van der Waals surface area (Å²) in [6.07, 6.45) is 3.46. The number of hydrogen-bond donors (Lipinski definition) is 2. The van der Waals surface area contributed by atoms with Crippen LogP contribution in [0.4, 0.5) is 14.9 Å². The fraction of sp³-hybridized carbons (Fsp3) is 0.444. The molecule has 1 fully saturated rings. The van der Waals surface area contributed by atoms with Crippen molar-refractivity contribution in [3.05, 3.63) is 52.4 Å². The van der Waals surface area contributed by atoms with E-state index in [0.717, 1.165) is 18.9 Å². The van der Waals surface area contributed by atoms with Crippen molar-refractivity contribution in [3.63, 3.8) is 0 Å². The molecule has 3 aromatic rings. The molecule has 12 heteroatoms. The Morgan fingerprint density at radius 1 is 1.15 bits per heavy atom. The fourth-order valence-electron chi connectivity index (χ4n) is 4.46. The van der Waals surface area contributed by atoms with Gasteiger partial charge >= 0.3 is 6.09 Å². The Morgan fingerprint density at radius 3 is 2.49 bits per heavy atom. The van der Waals surface area contributed by atoms with Crippen LogP contribution in [0.1, 0.15) is 47.0 Å². The van der Waals surface area contributed by atoms with E-state index in [4.69, 9.17) is 32.7 Å². The van der Waals surface area contributed by atoms with Crippen LogP contribution >= 0.6 is 23.2 Å². The van der Waals surface area contributed by atoms with Gasteiger partial charge in [-0.25, -0.2) is 17.6 Å². The third-order valence-corrected chi connectivity index (χ3v) is 8.78. The molecule has 0 bridgehead atoms. The Hall–Kier alpha value is -2.69. The van der Waals surface area contributed by atoms with Gasteiger partial charge in [0.1, 0.15) is 22.1 Å². The van der Waals surface area contributed by atoms with Crippen LogP contribution in [0.3, 0.4) is 0 Å². The van der Waals surface area contributed by atoms with E-state index in [1.807, 2.05) is 20.8 Å². The monoisotopic (exact) mass is 599 g/mol. The van der Waals surface area contributed by atoms with Crippen molar-refractivity contribution in [2.24, 2.45) is 5.41 Å². The molecule has 0 radical (unpaired) electrons. The number of nitrogens with zero attached hydrogens (tertiary/aromatic N) is 1. The molecule has 0 saturated carbocycles. The third-order valence-electron chi connectivity index (χ3n) is 6.77. The number of anilines is 1. The molecule has 1 aliphatic heterocycles. The highest BCUT2D eigenvalue weighted by molar-refractivity contribution is 7.92. The molecule has 1 amide bonds. The number of aromatic amines is 1. The zero-order valence-electron chi connectivity index (χ0n) is 22.2. The molecule has 0 atom stereocenters. The second-order valence-corrected chi connectivity index (χ2v) is 13.5. The van der Waals surface area contributed by atoms with Crippen LogP contribution < -0.4 is 9.46 Å². The van der Waals surface area contributed by atoms with Crippen LogP contribution in [0.15, 0.2) is 41.4 Å². The van der Waals surface area contributed by atoms with Crippen LogP contribution in [-0.4, -0.2) is 49.7 Å². The van der Waals surface area contributed by atoms with Crippen LogP contribution in [-0.2, 0) is 14.8 Å². The number of amides is 1. The van der Waals surface area contributed by atoms with E-state index >= 15 is 0 Å². The molecular formula is C27H32Cl2FN3O5S. The quantitative estimate of drug-likeness (QED) is 0.298. The van der Waals surface area contributed by atoms with Crippen molar-refractivity contribution in [1.29, 1.82) is 0 Å². The molecule has 1 saturated heterocycles. The molecule has 39 heavy (non-hydrogen) atoms. The Morgan fingerprint density at radius 2 is 1.85 bits per heavy atom. The summed E-state index contributed by atoms with van der Waals surface area (Å²) in [7, 11) is -4.26. The predicted octanol–water partition coefficient (Wildman–Crippen LogP) is 7.22. The minimum absolute atomic E-state index is 0.0467. The number of piperidine rings is 1. The number of sulfonamides is 1. The average Bonchev–Trinajstić information content (AvgIpc) is 3.22. The van der Waals surface area contributed by atoms with Crippen molar-refractivity contribution < 1.29 is 27.1 Å².